The maximum Gasteiger partial charge on any atom is 0.121 e. The Morgan fingerprint density at radius 3 is 2.50 bits per heavy atom. The van der Waals surface area contributed by atoms with Gasteiger partial charge in [0.25, 0.3) is 0 Å². The molecule has 16 heavy (non-hydrogen) atoms. The summed E-state index contributed by atoms with van der Waals surface area (Å²) in [7, 11) is 1.67. The molecule has 2 N–H and O–H groups in total. The first-order valence-corrected chi connectivity index (χ1v) is 6.63. The van der Waals surface area contributed by atoms with Crippen molar-refractivity contribution >= 4 is 17.4 Å². The smallest absolute Gasteiger partial charge is 0.121 e. The number of hydrogen-bond acceptors (Lipinski definition) is 3. The van der Waals surface area contributed by atoms with Crippen molar-refractivity contribution in [2.75, 3.05) is 12.8 Å². The lowest BCUT2D eigenvalue weighted by molar-refractivity contribution is 0.414. The van der Waals surface area contributed by atoms with Crippen LogP contribution in [-0.2, 0) is 5.75 Å². The summed E-state index contributed by atoms with van der Waals surface area (Å²) in [5.74, 6) is 2.53. The Bertz CT molecular complexity index is 339. The summed E-state index contributed by atoms with van der Waals surface area (Å²) in [5, 5.41) is 0.660. The van der Waals surface area contributed by atoms with Crippen LogP contribution in [0.4, 0.5) is 5.69 Å². The monoisotopic (exact) mass is 239 g/mol. The molecule has 0 bridgehead atoms. The molecule has 1 aromatic rings. The normalized spacial score (nSPS) is 12.8. The van der Waals surface area contributed by atoms with Gasteiger partial charge in [-0.25, -0.2) is 0 Å². The van der Waals surface area contributed by atoms with Crippen LogP contribution in [0.1, 0.15) is 26.3 Å². The Labute approximate surface area is 103 Å². The zero-order valence-corrected chi connectivity index (χ0v) is 11.3. The molecule has 0 amide bonds. The number of thioether (sulfide) groups is 1. The molecule has 90 valence electrons. The van der Waals surface area contributed by atoms with Crippen molar-refractivity contribution in [1.29, 1.82) is 0 Å². The Balaban J connectivity index is 2.63. The van der Waals surface area contributed by atoms with Crippen molar-refractivity contribution in [1.82, 2.24) is 0 Å². The molecule has 1 atom stereocenters. The van der Waals surface area contributed by atoms with Crippen LogP contribution in [0.5, 0.6) is 5.75 Å². The second kappa shape index (κ2) is 6.04. The van der Waals surface area contributed by atoms with Gasteiger partial charge in [-0.15, -0.1) is 0 Å². The van der Waals surface area contributed by atoms with Crippen molar-refractivity contribution in [3.8, 4) is 5.75 Å². The van der Waals surface area contributed by atoms with Crippen LogP contribution in [0.2, 0.25) is 0 Å². The third kappa shape index (κ3) is 3.97. The number of benzene rings is 1. The quantitative estimate of drug-likeness (QED) is 0.798. The van der Waals surface area contributed by atoms with Gasteiger partial charge >= 0.3 is 0 Å². The maximum atomic E-state index is 5.81. The first-order chi connectivity index (χ1) is 7.52. The third-order valence-electron chi connectivity index (χ3n) is 2.68. The number of hydrogen-bond donors (Lipinski definition) is 1. The molecule has 0 saturated heterocycles. The highest BCUT2D eigenvalue weighted by Crippen LogP contribution is 2.26. The largest absolute Gasteiger partial charge is 0.497 e. The zero-order valence-electron chi connectivity index (χ0n) is 10.5. The van der Waals surface area contributed by atoms with Crippen molar-refractivity contribution in [3.63, 3.8) is 0 Å². The summed E-state index contributed by atoms with van der Waals surface area (Å²) >= 11 is 1.95. The number of nitrogens with two attached hydrogens (primary N) is 1. The van der Waals surface area contributed by atoms with Crippen molar-refractivity contribution in [2.45, 2.75) is 31.8 Å². The minimum absolute atomic E-state index is 0.660. The molecule has 1 rings (SSSR count). The highest BCUT2D eigenvalue weighted by Gasteiger charge is 2.08. The van der Waals surface area contributed by atoms with Crippen molar-refractivity contribution in [3.05, 3.63) is 23.8 Å². The lowest BCUT2D eigenvalue weighted by Gasteiger charge is -2.15. The van der Waals surface area contributed by atoms with E-state index in [4.69, 9.17) is 10.5 Å². The van der Waals surface area contributed by atoms with E-state index in [1.54, 1.807) is 7.11 Å². The SMILES string of the molecule is COc1cc(N)cc(CSC(C)C(C)C)c1. The molecule has 1 aromatic carbocycles. The average molecular weight is 239 g/mol. The third-order valence-corrected chi connectivity index (χ3v) is 4.25. The van der Waals surface area contributed by atoms with Gasteiger partial charge in [-0.2, -0.15) is 11.8 Å². The first-order valence-electron chi connectivity index (χ1n) is 5.58. The molecule has 0 aliphatic heterocycles. The topological polar surface area (TPSA) is 35.2 Å². The highest BCUT2D eigenvalue weighted by molar-refractivity contribution is 7.99. The van der Waals surface area contributed by atoms with Gasteiger partial charge < -0.3 is 10.5 Å². The van der Waals surface area contributed by atoms with Gasteiger partial charge in [0, 0.05) is 22.8 Å². The van der Waals surface area contributed by atoms with E-state index in [1.807, 2.05) is 23.9 Å². The molecule has 0 spiro atoms. The minimum Gasteiger partial charge on any atom is -0.497 e. The summed E-state index contributed by atoms with van der Waals surface area (Å²) < 4.78 is 5.20. The van der Waals surface area contributed by atoms with Gasteiger partial charge in [0.2, 0.25) is 0 Å². The van der Waals surface area contributed by atoms with Crippen molar-refractivity contribution < 1.29 is 4.74 Å². The summed E-state index contributed by atoms with van der Waals surface area (Å²) in [5.41, 5.74) is 7.81. The van der Waals surface area contributed by atoms with E-state index in [0.29, 0.717) is 11.2 Å². The van der Waals surface area contributed by atoms with E-state index in [0.717, 1.165) is 17.2 Å². The van der Waals surface area contributed by atoms with E-state index < -0.39 is 0 Å². The fraction of sp³-hybridized carbons (Fsp3) is 0.538. The molecule has 0 aliphatic rings. The van der Waals surface area contributed by atoms with Gasteiger partial charge in [0.15, 0.2) is 0 Å². The minimum atomic E-state index is 0.660. The van der Waals surface area contributed by atoms with Crippen LogP contribution in [-0.4, -0.2) is 12.4 Å². The van der Waals surface area contributed by atoms with E-state index in [1.165, 1.54) is 5.56 Å². The van der Waals surface area contributed by atoms with Crippen LogP contribution in [0.15, 0.2) is 18.2 Å². The molecule has 0 fully saturated rings. The lowest BCUT2D eigenvalue weighted by atomic mass is 10.2. The first kappa shape index (κ1) is 13.2. The Hall–Kier alpha value is -0.830. The molecule has 0 heterocycles. The lowest BCUT2D eigenvalue weighted by Crippen LogP contribution is -2.05. The van der Waals surface area contributed by atoms with Gasteiger partial charge in [-0.05, 0) is 23.6 Å². The second-order valence-corrected chi connectivity index (χ2v) is 5.74. The molecule has 2 nitrogen and oxygen atoms in total. The zero-order chi connectivity index (χ0) is 12.1. The molecule has 0 radical (unpaired) electrons. The Morgan fingerprint density at radius 2 is 1.94 bits per heavy atom. The highest BCUT2D eigenvalue weighted by atomic mass is 32.2. The van der Waals surface area contributed by atoms with Crippen LogP contribution < -0.4 is 10.5 Å². The molecule has 1 unspecified atom stereocenters. The summed E-state index contributed by atoms with van der Waals surface area (Å²) in [6, 6.07) is 5.92. The van der Waals surface area contributed by atoms with Gasteiger partial charge in [0.05, 0.1) is 7.11 Å². The standard InChI is InChI=1S/C13H21NOS/c1-9(2)10(3)16-8-11-5-12(14)7-13(6-11)15-4/h5-7,9-10H,8,14H2,1-4H3. The van der Waals surface area contributed by atoms with Crippen LogP contribution in [0.25, 0.3) is 0 Å². The molecule has 0 aliphatic carbocycles. The van der Waals surface area contributed by atoms with E-state index >= 15 is 0 Å². The second-order valence-electron chi connectivity index (χ2n) is 4.37. The fourth-order valence-electron chi connectivity index (χ4n) is 1.31. The van der Waals surface area contributed by atoms with Crippen LogP contribution in [0.3, 0.4) is 0 Å². The fourth-order valence-corrected chi connectivity index (χ4v) is 2.31. The summed E-state index contributed by atoms with van der Waals surface area (Å²) in [6.45, 7) is 6.76. The van der Waals surface area contributed by atoms with Gasteiger partial charge in [0.1, 0.15) is 5.75 Å². The number of nitrogen functional groups attached to an aromatic ring is 1. The van der Waals surface area contributed by atoms with Gasteiger partial charge in [-0.1, -0.05) is 20.8 Å². The Kier molecular flexibility index (Phi) is 5.00. The molecule has 3 heteroatoms. The Morgan fingerprint density at radius 1 is 1.25 bits per heavy atom. The van der Waals surface area contributed by atoms with E-state index in [-0.39, 0.29) is 0 Å². The molecule has 0 saturated carbocycles. The predicted octanol–water partition coefficient (Wildman–Crippen LogP) is 3.56. The summed E-state index contributed by atoms with van der Waals surface area (Å²) in [4.78, 5) is 0. The van der Waals surface area contributed by atoms with E-state index in [9.17, 15) is 0 Å². The van der Waals surface area contributed by atoms with Crippen LogP contribution >= 0.6 is 11.8 Å². The predicted molar refractivity (Wildman–Crippen MR) is 73.0 cm³/mol. The van der Waals surface area contributed by atoms with E-state index in [2.05, 4.69) is 26.8 Å². The van der Waals surface area contributed by atoms with Crippen molar-refractivity contribution in [2.24, 2.45) is 5.92 Å². The van der Waals surface area contributed by atoms with Crippen LogP contribution in [0, 0.1) is 5.92 Å². The molecular weight excluding hydrogens is 218 g/mol. The number of methoxy groups -OCH3 is 1. The van der Waals surface area contributed by atoms with Gasteiger partial charge in [-0.3, -0.25) is 0 Å². The average Bonchev–Trinajstić information content (AvgIpc) is 2.24. The molecular formula is C13H21NOS. The molecule has 0 aromatic heterocycles. The number of anilines is 1. The number of rotatable bonds is 5. The number of ether oxygens (including phenoxy) is 1. The maximum absolute atomic E-state index is 5.81. The summed E-state index contributed by atoms with van der Waals surface area (Å²) in [6.07, 6.45) is 0.